The predicted octanol–water partition coefficient (Wildman–Crippen LogP) is 4.52. The standard InChI is InChI=1S/C14H12Br2O3S/c15-10-4-8(13(17)9-6-20-7-11(9)16)5-12-14(10)19-3-1-2-18-12/h4-7,13,17H,1-3H2. The zero-order valence-electron chi connectivity index (χ0n) is 10.4. The zero-order chi connectivity index (χ0) is 14.1. The van der Waals surface area contributed by atoms with Crippen LogP contribution in [0.5, 0.6) is 11.5 Å². The third-order valence-corrected chi connectivity index (χ3v) is 5.42. The molecule has 3 nitrogen and oxygen atoms in total. The summed E-state index contributed by atoms with van der Waals surface area (Å²) in [5.41, 5.74) is 1.64. The molecule has 1 aromatic carbocycles. The lowest BCUT2D eigenvalue weighted by molar-refractivity contribution is 0.219. The van der Waals surface area contributed by atoms with Crippen LogP contribution >= 0.6 is 43.2 Å². The second-order valence-corrected chi connectivity index (χ2v) is 6.91. The van der Waals surface area contributed by atoms with Gasteiger partial charge in [0, 0.05) is 21.8 Å². The van der Waals surface area contributed by atoms with Gasteiger partial charge in [-0.3, -0.25) is 0 Å². The highest BCUT2D eigenvalue weighted by Gasteiger charge is 2.20. The second-order valence-electron chi connectivity index (χ2n) is 4.46. The fraction of sp³-hybridized carbons (Fsp3) is 0.286. The van der Waals surface area contributed by atoms with Gasteiger partial charge in [-0.2, -0.15) is 11.3 Å². The van der Waals surface area contributed by atoms with Gasteiger partial charge in [-0.25, -0.2) is 0 Å². The molecule has 0 bridgehead atoms. The highest BCUT2D eigenvalue weighted by molar-refractivity contribution is 9.10. The first-order valence-electron chi connectivity index (χ1n) is 6.15. The van der Waals surface area contributed by atoms with Crippen molar-refractivity contribution in [2.75, 3.05) is 13.2 Å². The van der Waals surface area contributed by atoms with Crippen molar-refractivity contribution in [2.45, 2.75) is 12.5 Å². The second kappa shape index (κ2) is 6.05. The number of hydrogen-bond donors (Lipinski definition) is 1. The third kappa shape index (κ3) is 2.74. The number of fused-ring (bicyclic) bond motifs is 1. The average molecular weight is 420 g/mol. The molecular weight excluding hydrogens is 408 g/mol. The van der Waals surface area contributed by atoms with Crippen LogP contribution in [0.1, 0.15) is 23.7 Å². The summed E-state index contributed by atoms with van der Waals surface area (Å²) in [4.78, 5) is 0. The van der Waals surface area contributed by atoms with Crippen LogP contribution in [0.15, 0.2) is 31.8 Å². The van der Waals surface area contributed by atoms with Gasteiger partial charge in [-0.15, -0.1) is 0 Å². The largest absolute Gasteiger partial charge is 0.490 e. The molecule has 0 spiro atoms. The number of benzene rings is 1. The van der Waals surface area contributed by atoms with Crippen LogP contribution in [-0.4, -0.2) is 18.3 Å². The summed E-state index contributed by atoms with van der Waals surface area (Å²) in [7, 11) is 0. The Morgan fingerprint density at radius 1 is 1.10 bits per heavy atom. The molecule has 20 heavy (non-hydrogen) atoms. The maximum atomic E-state index is 10.5. The topological polar surface area (TPSA) is 38.7 Å². The number of halogens is 2. The number of hydrogen-bond acceptors (Lipinski definition) is 4. The normalized spacial score (nSPS) is 15.8. The van der Waals surface area contributed by atoms with Crippen LogP contribution in [0.2, 0.25) is 0 Å². The Hall–Kier alpha value is -0.560. The molecule has 0 saturated carbocycles. The van der Waals surface area contributed by atoms with Crippen LogP contribution < -0.4 is 9.47 Å². The van der Waals surface area contributed by atoms with E-state index in [0.717, 1.165) is 26.5 Å². The van der Waals surface area contributed by atoms with Gasteiger partial charge >= 0.3 is 0 Å². The highest BCUT2D eigenvalue weighted by Crippen LogP contribution is 2.41. The first kappa shape index (κ1) is 14.4. The molecule has 0 aliphatic carbocycles. The van der Waals surface area contributed by atoms with Gasteiger partial charge in [0.15, 0.2) is 11.5 Å². The first-order chi connectivity index (χ1) is 9.66. The molecule has 2 heterocycles. The number of thiophene rings is 1. The van der Waals surface area contributed by atoms with E-state index >= 15 is 0 Å². The number of aliphatic hydroxyl groups is 1. The summed E-state index contributed by atoms with van der Waals surface area (Å²) < 4.78 is 13.1. The molecular formula is C14H12Br2O3S. The number of rotatable bonds is 2. The minimum absolute atomic E-state index is 0.626. The summed E-state index contributed by atoms with van der Waals surface area (Å²) in [6, 6.07) is 3.72. The quantitative estimate of drug-likeness (QED) is 0.777. The Kier molecular flexibility index (Phi) is 4.35. The van der Waals surface area contributed by atoms with Crippen LogP contribution in [0, 0.1) is 0 Å². The van der Waals surface area contributed by atoms with Crippen LogP contribution in [0.3, 0.4) is 0 Å². The molecule has 1 aliphatic rings. The lowest BCUT2D eigenvalue weighted by Gasteiger charge is -2.15. The number of aliphatic hydroxyl groups excluding tert-OH is 1. The first-order valence-corrected chi connectivity index (χ1v) is 8.68. The summed E-state index contributed by atoms with van der Waals surface area (Å²) in [6.07, 6.45) is 0.166. The van der Waals surface area contributed by atoms with E-state index in [4.69, 9.17) is 9.47 Å². The molecule has 0 fully saturated rings. The Morgan fingerprint density at radius 2 is 1.90 bits per heavy atom. The lowest BCUT2D eigenvalue weighted by atomic mass is 10.0. The molecule has 2 aromatic rings. The van der Waals surface area contributed by atoms with E-state index in [1.807, 2.05) is 22.9 Å². The van der Waals surface area contributed by atoms with Gasteiger partial charge in [0.25, 0.3) is 0 Å². The molecule has 106 valence electrons. The monoisotopic (exact) mass is 418 g/mol. The molecule has 1 N–H and O–H groups in total. The molecule has 1 aliphatic heterocycles. The molecule has 1 atom stereocenters. The van der Waals surface area contributed by atoms with Crippen molar-refractivity contribution in [3.8, 4) is 11.5 Å². The Balaban J connectivity index is 2.01. The summed E-state index contributed by atoms with van der Waals surface area (Å²) in [6.45, 7) is 1.27. The van der Waals surface area contributed by atoms with Crippen molar-refractivity contribution in [3.05, 3.63) is 43.0 Å². The van der Waals surface area contributed by atoms with Crippen molar-refractivity contribution in [1.29, 1.82) is 0 Å². The molecule has 0 amide bonds. The molecule has 0 radical (unpaired) electrons. The van der Waals surface area contributed by atoms with Gasteiger partial charge < -0.3 is 14.6 Å². The Labute approximate surface area is 137 Å². The predicted molar refractivity (Wildman–Crippen MR) is 85.8 cm³/mol. The summed E-state index contributed by atoms with van der Waals surface area (Å²) >= 11 is 8.50. The van der Waals surface area contributed by atoms with Crippen LogP contribution in [0.4, 0.5) is 0 Å². The van der Waals surface area contributed by atoms with Crippen molar-refractivity contribution >= 4 is 43.2 Å². The Morgan fingerprint density at radius 3 is 2.65 bits per heavy atom. The van der Waals surface area contributed by atoms with Gasteiger partial charge in [0.1, 0.15) is 6.10 Å². The minimum atomic E-state index is -0.691. The molecule has 0 saturated heterocycles. The maximum Gasteiger partial charge on any atom is 0.175 e. The molecule has 1 aromatic heterocycles. The van der Waals surface area contributed by atoms with E-state index in [-0.39, 0.29) is 0 Å². The van der Waals surface area contributed by atoms with E-state index in [0.29, 0.717) is 24.7 Å². The van der Waals surface area contributed by atoms with Gasteiger partial charge in [-0.05, 0) is 54.9 Å². The van der Waals surface area contributed by atoms with Gasteiger partial charge in [-0.1, -0.05) is 0 Å². The maximum absolute atomic E-state index is 10.5. The van der Waals surface area contributed by atoms with E-state index in [1.54, 1.807) is 11.3 Å². The van der Waals surface area contributed by atoms with E-state index in [2.05, 4.69) is 31.9 Å². The lowest BCUT2D eigenvalue weighted by Crippen LogP contribution is -2.01. The summed E-state index contributed by atoms with van der Waals surface area (Å²) in [5.74, 6) is 1.39. The van der Waals surface area contributed by atoms with Crippen molar-refractivity contribution in [3.63, 3.8) is 0 Å². The smallest absolute Gasteiger partial charge is 0.175 e. The fourth-order valence-corrected chi connectivity index (χ4v) is 4.18. The van der Waals surface area contributed by atoms with E-state index < -0.39 is 6.10 Å². The SMILES string of the molecule is OC(c1cc(Br)c2c(c1)OCCCO2)c1cscc1Br. The van der Waals surface area contributed by atoms with Crippen molar-refractivity contribution in [2.24, 2.45) is 0 Å². The Bertz CT molecular complexity index is 627. The fourth-order valence-electron chi connectivity index (χ4n) is 2.07. The number of ether oxygens (including phenoxy) is 2. The van der Waals surface area contributed by atoms with E-state index in [9.17, 15) is 5.11 Å². The van der Waals surface area contributed by atoms with Crippen LogP contribution in [0.25, 0.3) is 0 Å². The molecule has 3 rings (SSSR count). The average Bonchev–Trinajstić information content (AvgIpc) is 2.72. The minimum Gasteiger partial charge on any atom is -0.490 e. The zero-order valence-corrected chi connectivity index (χ0v) is 14.4. The van der Waals surface area contributed by atoms with Gasteiger partial charge in [0.05, 0.1) is 17.7 Å². The molecule has 6 heteroatoms. The highest BCUT2D eigenvalue weighted by atomic mass is 79.9. The van der Waals surface area contributed by atoms with E-state index in [1.165, 1.54) is 0 Å². The van der Waals surface area contributed by atoms with Gasteiger partial charge in [0.2, 0.25) is 0 Å². The van der Waals surface area contributed by atoms with Crippen molar-refractivity contribution < 1.29 is 14.6 Å². The molecule has 1 unspecified atom stereocenters. The summed E-state index contributed by atoms with van der Waals surface area (Å²) in [5, 5.41) is 14.4. The third-order valence-electron chi connectivity index (χ3n) is 3.08. The van der Waals surface area contributed by atoms with Crippen molar-refractivity contribution in [1.82, 2.24) is 0 Å². The van der Waals surface area contributed by atoms with Crippen LogP contribution in [-0.2, 0) is 0 Å².